The molecule has 1 aromatic heterocycles. The minimum absolute atomic E-state index is 0.208. The van der Waals surface area contributed by atoms with Crippen molar-refractivity contribution in [1.29, 1.82) is 0 Å². The number of aromatic hydroxyl groups is 1. The Morgan fingerprint density at radius 1 is 1.26 bits per heavy atom. The lowest BCUT2D eigenvalue weighted by atomic mass is 9.98. The van der Waals surface area contributed by atoms with Gasteiger partial charge in [-0.15, -0.1) is 11.3 Å². The van der Waals surface area contributed by atoms with Gasteiger partial charge in [-0.2, -0.15) is 0 Å². The smallest absolute Gasteiger partial charge is 0.143 e. The number of aromatic nitrogens is 1. The van der Waals surface area contributed by atoms with Crippen molar-refractivity contribution in [3.05, 3.63) is 46.5 Å². The van der Waals surface area contributed by atoms with Crippen LogP contribution in [0.15, 0.2) is 35.3 Å². The van der Waals surface area contributed by atoms with Crippen molar-refractivity contribution >= 4 is 39.0 Å². The number of phenolic OH excluding ortho intramolecular Hbond substituents is 1. The maximum absolute atomic E-state index is 10.6. The molecule has 0 aliphatic carbocycles. The molecule has 4 N–H and O–H groups in total. The molecule has 0 radical (unpaired) electrons. The fourth-order valence-electron chi connectivity index (χ4n) is 3.37. The van der Waals surface area contributed by atoms with E-state index in [0.717, 1.165) is 57.2 Å². The second-order valence-electron chi connectivity index (χ2n) is 6.73. The van der Waals surface area contributed by atoms with E-state index in [1.165, 1.54) is 5.57 Å². The highest BCUT2D eigenvalue weighted by Gasteiger charge is 2.15. The molecular weight excluding hydrogens is 356 g/mol. The van der Waals surface area contributed by atoms with Crippen LogP contribution in [0.3, 0.4) is 0 Å². The summed E-state index contributed by atoms with van der Waals surface area (Å²) in [5.74, 6) is 0.208. The van der Waals surface area contributed by atoms with Gasteiger partial charge in [-0.25, -0.2) is 4.98 Å². The molecule has 27 heavy (non-hydrogen) atoms. The van der Waals surface area contributed by atoms with E-state index in [9.17, 15) is 5.11 Å². The Morgan fingerprint density at radius 3 is 2.81 bits per heavy atom. The molecule has 4 rings (SSSR count). The number of nitrogen functional groups attached to an aromatic ring is 1. The molecule has 1 aliphatic rings. The monoisotopic (exact) mass is 378 g/mol. The predicted octanol–water partition coefficient (Wildman–Crippen LogP) is 3.98. The zero-order valence-electron chi connectivity index (χ0n) is 15.4. The molecule has 0 bridgehead atoms. The Balaban J connectivity index is 1.83. The number of fused-ring (bicyclic) bond motifs is 1. The van der Waals surface area contributed by atoms with Crippen LogP contribution in [0.5, 0.6) is 5.75 Å². The topological polar surface area (TPSA) is 83.5 Å². The van der Waals surface area contributed by atoms with Crippen molar-refractivity contribution < 1.29 is 5.11 Å². The van der Waals surface area contributed by atoms with Crippen LogP contribution in [0.4, 0.5) is 5.69 Å². The van der Waals surface area contributed by atoms with E-state index in [4.69, 9.17) is 5.73 Å². The lowest BCUT2D eigenvalue weighted by Crippen LogP contribution is -2.19. The van der Waals surface area contributed by atoms with E-state index < -0.39 is 0 Å². The molecule has 138 valence electrons. The third-order valence-electron chi connectivity index (χ3n) is 4.83. The molecule has 0 saturated heterocycles. The maximum atomic E-state index is 10.6. The van der Waals surface area contributed by atoms with Gasteiger partial charge < -0.3 is 16.2 Å². The number of hydrogen-bond donors (Lipinski definition) is 3. The number of anilines is 1. The number of rotatable bonds is 3. The van der Waals surface area contributed by atoms with Gasteiger partial charge in [-0.3, -0.25) is 4.99 Å². The zero-order valence-corrected chi connectivity index (χ0v) is 16.2. The van der Waals surface area contributed by atoms with E-state index >= 15 is 0 Å². The van der Waals surface area contributed by atoms with Gasteiger partial charge in [0.05, 0.1) is 4.70 Å². The van der Waals surface area contributed by atoms with E-state index in [0.29, 0.717) is 5.52 Å². The highest BCUT2D eigenvalue weighted by molar-refractivity contribution is 7.19. The van der Waals surface area contributed by atoms with Crippen LogP contribution in [-0.2, 0) is 0 Å². The summed E-state index contributed by atoms with van der Waals surface area (Å²) in [6.45, 7) is 3.82. The van der Waals surface area contributed by atoms with Crippen molar-refractivity contribution in [3.63, 3.8) is 0 Å². The number of hydrogen-bond acceptors (Lipinski definition) is 6. The Kier molecular flexibility index (Phi) is 4.68. The Labute approximate surface area is 162 Å². The van der Waals surface area contributed by atoms with Gasteiger partial charge in [0, 0.05) is 31.1 Å². The summed E-state index contributed by atoms with van der Waals surface area (Å²) in [4.78, 5) is 8.77. The fourth-order valence-corrected chi connectivity index (χ4v) is 4.47. The number of thiazole rings is 1. The largest absolute Gasteiger partial charge is 0.506 e. The van der Waals surface area contributed by atoms with Gasteiger partial charge in [-0.1, -0.05) is 6.08 Å². The Morgan fingerprint density at radius 2 is 2.07 bits per heavy atom. The van der Waals surface area contributed by atoms with E-state index in [2.05, 4.69) is 27.4 Å². The van der Waals surface area contributed by atoms with Crippen molar-refractivity contribution in [2.75, 3.05) is 25.9 Å². The molecular formula is C21H22N4OS. The van der Waals surface area contributed by atoms with Gasteiger partial charge in [0.2, 0.25) is 0 Å². The third-order valence-corrected chi connectivity index (χ3v) is 5.91. The molecule has 3 aromatic rings. The first-order valence-electron chi connectivity index (χ1n) is 8.93. The van der Waals surface area contributed by atoms with Gasteiger partial charge in [-0.05, 0) is 66.4 Å². The Hall–Kier alpha value is -2.70. The van der Waals surface area contributed by atoms with E-state index in [1.807, 2.05) is 19.1 Å². The molecule has 1 aliphatic heterocycles. The lowest BCUT2D eigenvalue weighted by molar-refractivity contribution is 0.481. The minimum atomic E-state index is 0.208. The van der Waals surface area contributed by atoms with Gasteiger partial charge >= 0.3 is 0 Å². The molecule has 0 fully saturated rings. The number of phenols is 1. The SMILES string of the molecule is CN=Cc1cc(-c2cc(O)c3nc(C4=CCNCC4)sc3c2)cc(C)c1N. The first kappa shape index (κ1) is 17.7. The number of nitrogens with zero attached hydrogens (tertiary/aromatic N) is 2. The first-order valence-corrected chi connectivity index (χ1v) is 9.75. The highest BCUT2D eigenvalue weighted by Crippen LogP contribution is 2.38. The summed E-state index contributed by atoms with van der Waals surface area (Å²) in [7, 11) is 1.73. The molecule has 0 spiro atoms. The van der Waals surface area contributed by atoms with Crippen molar-refractivity contribution in [3.8, 4) is 16.9 Å². The van der Waals surface area contributed by atoms with Gasteiger partial charge in [0.25, 0.3) is 0 Å². The summed E-state index contributed by atoms with van der Waals surface area (Å²) in [5.41, 5.74) is 12.6. The molecule has 0 saturated carbocycles. The van der Waals surface area contributed by atoms with E-state index in [1.54, 1.807) is 30.7 Å². The summed E-state index contributed by atoms with van der Waals surface area (Å²) in [5, 5.41) is 14.9. The van der Waals surface area contributed by atoms with Crippen molar-refractivity contribution in [2.24, 2.45) is 4.99 Å². The quantitative estimate of drug-likeness (QED) is 0.475. The van der Waals surface area contributed by atoms with E-state index in [-0.39, 0.29) is 5.75 Å². The number of nitrogens with two attached hydrogens (primary N) is 1. The average Bonchev–Trinajstić information content (AvgIpc) is 3.11. The highest BCUT2D eigenvalue weighted by atomic mass is 32.1. The average molecular weight is 379 g/mol. The minimum Gasteiger partial charge on any atom is -0.506 e. The third kappa shape index (κ3) is 3.34. The van der Waals surface area contributed by atoms with Crippen molar-refractivity contribution in [2.45, 2.75) is 13.3 Å². The van der Waals surface area contributed by atoms with Crippen LogP contribution in [0.1, 0.15) is 22.6 Å². The summed E-state index contributed by atoms with van der Waals surface area (Å²) in [6.07, 6.45) is 4.90. The second kappa shape index (κ2) is 7.13. The number of benzene rings is 2. The summed E-state index contributed by atoms with van der Waals surface area (Å²) in [6, 6.07) is 7.92. The van der Waals surface area contributed by atoms with Crippen LogP contribution in [0, 0.1) is 6.92 Å². The first-order chi connectivity index (χ1) is 13.1. The fraction of sp³-hybridized carbons (Fsp3) is 0.238. The molecule has 0 unspecified atom stereocenters. The number of aryl methyl sites for hydroxylation is 1. The van der Waals surface area contributed by atoms with Crippen LogP contribution in [0.25, 0.3) is 26.9 Å². The maximum Gasteiger partial charge on any atom is 0.143 e. The molecule has 5 nitrogen and oxygen atoms in total. The zero-order chi connectivity index (χ0) is 19.0. The standard InChI is InChI=1S/C21H22N4OS/c1-12-7-14(8-16(11-23-2)19(12)22)15-9-17(26)20-18(10-15)27-21(25-20)13-3-5-24-6-4-13/h3,7-11,24,26H,4-6,22H2,1-2H3. The lowest BCUT2D eigenvalue weighted by Gasteiger charge is -2.10. The molecule has 0 atom stereocenters. The summed E-state index contributed by atoms with van der Waals surface area (Å²) >= 11 is 1.63. The number of nitrogens with one attached hydrogen (secondary N) is 1. The number of aliphatic imine (C=N–C) groups is 1. The molecule has 6 heteroatoms. The molecule has 0 amide bonds. The van der Waals surface area contributed by atoms with Gasteiger partial charge in [0.15, 0.2) is 0 Å². The van der Waals surface area contributed by atoms with Crippen molar-refractivity contribution in [1.82, 2.24) is 10.3 Å². The molecule has 2 aromatic carbocycles. The summed E-state index contributed by atoms with van der Waals surface area (Å²) < 4.78 is 0.986. The molecule has 2 heterocycles. The van der Waals surface area contributed by atoms with Gasteiger partial charge in [0.1, 0.15) is 16.3 Å². The van der Waals surface area contributed by atoms with Crippen LogP contribution in [0.2, 0.25) is 0 Å². The predicted molar refractivity (Wildman–Crippen MR) is 115 cm³/mol. The second-order valence-corrected chi connectivity index (χ2v) is 7.76. The Bertz CT molecular complexity index is 1080. The van der Waals surface area contributed by atoms with Crippen LogP contribution in [-0.4, -0.2) is 36.4 Å². The normalized spacial score (nSPS) is 14.8. The van der Waals surface area contributed by atoms with Crippen LogP contribution < -0.4 is 11.1 Å². The van der Waals surface area contributed by atoms with Crippen LogP contribution >= 0.6 is 11.3 Å².